The van der Waals surface area contributed by atoms with Crippen LogP contribution in [0.1, 0.15) is 35.2 Å². The van der Waals surface area contributed by atoms with E-state index < -0.39 is 12.0 Å². The van der Waals surface area contributed by atoms with E-state index in [1.54, 1.807) is 11.3 Å². The van der Waals surface area contributed by atoms with Crippen LogP contribution in [0.5, 0.6) is 0 Å². The highest BCUT2D eigenvalue weighted by Gasteiger charge is 2.26. The number of nitrogens with zero attached hydrogens (tertiary/aromatic N) is 2. The fourth-order valence-electron chi connectivity index (χ4n) is 4.19. The molecule has 0 aliphatic heterocycles. The molecule has 0 saturated heterocycles. The van der Waals surface area contributed by atoms with Crippen molar-refractivity contribution in [2.75, 3.05) is 5.32 Å². The Morgan fingerprint density at radius 1 is 1.31 bits per heavy atom. The Bertz CT molecular complexity index is 1230. The summed E-state index contributed by atoms with van der Waals surface area (Å²) in [5.74, 6) is 0.529. The van der Waals surface area contributed by atoms with Crippen LogP contribution in [0.4, 0.5) is 5.82 Å². The number of benzene rings is 1. The van der Waals surface area contributed by atoms with Gasteiger partial charge in [-0.15, -0.1) is 11.3 Å². The van der Waals surface area contributed by atoms with E-state index in [2.05, 4.69) is 10.3 Å². The minimum atomic E-state index is -0.882. The van der Waals surface area contributed by atoms with Crippen molar-refractivity contribution in [2.45, 2.75) is 45.1 Å². The number of hydrogen-bond donors (Lipinski definition) is 3. The third kappa shape index (κ3) is 3.15. The number of thiophene rings is 1. The second kappa shape index (κ2) is 7.15. The van der Waals surface area contributed by atoms with Gasteiger partial charge >= 0.3 is 5.97 Å². The monoisotopic (exact) mass is 406 g/mol. The number of aliphatic carboxylic acids is 1. The maximum atomic E-state index is 12.1. The number of carbonyl (C=O) groups is 1. The number of aryl methyl sites for hydroxylation is 3. The topological polar surface area (TPSA) is 90.9 Å². The molecule has 148 valence electrons. The van der Waals surface area contributed by atoms with Crippen LogP contribution in [0, 0.1) is 0 Å². The Hall–Kier alpha value is -2.93. The highest BCUT2D eigenvalue weighted by molar-refractivity contribution is 7.19. The number of rotatable bonds is 6. The molecule has 3 aromatic heterocycles. The van der Waals surface area contributed by atoms with Crippen molar-refractivity contribution in [1.82, 2.24) is 15.0 Å². The van der Waals surface area contributed by atoms with Gasteiger partial charge in [0.25, 0.3) is 0 Å². The fraction of sp³-hybridized carbons (Fsp3) is 0.318. The van der Waals surface area contributed by atoms with Crippen LogP contribution >= 0.6 is 11.3 Å². The highest BCUT2D eigenvalue weighted by Crippen LogP contribution is 2.39. The normalized spacial score (nSPS) is 14.4. The molecule has 1 aromatic carbocycles. The lowest BCUT2D eigenvalue weighted by Gasteiger charge is -2.16. The zero-order chi connectivity index (χ0) is 20.0. The van der Waals surface area contributed by atoms with Crippen LogP contribution in [-0.2, 0) is 30.5 Å². The van der Waals surface area contributed by atoms with Gasteiger partial charge in [-0.05, 0) is 36.5 Å². The molecular weight excluding hydrogens is 384 g/mol. The number of H-pyrrole nitrogens is 1. The van der Waals surface area contributed by atoms with Gasteiger partial charge in [0.2, 0.25) is 0 Å². The van der Waals surface area contributed by atoms with Crippen molar-refractivity contribution in [1.29, 1.82) is 0 Å². The largest absolute Gasteiger partial charge is 0.480 e. The first-order valence-electron chi connectivity index (χ1n) is 9.99. The van der Waals surface area contributed by atoms with Crippen molar-refractivity contribution >= 4 is 44.2 Å². The van der Waals surface area contributed by atoms with Crippen LogP contribution in [0.15, 0.2) is 30.5 Å². The van der Waals surface area contributed by atoms with E-state index in [1.807, 2.05) is 37.4 Å². The van der Waals surface area contributed by atoms with E-state index in [-0.39, 0.29) is 0 Å². The minimum absolute atomic E-state index is 0.374. The van der Waals surface area contributed by atoms with Gasteiger partial charge in [-0.2, -0.15) is 0 Å². The second-order valence-corrected chi connectivity index (χ2v) is 8.56. The Morgan fingerprint density at radius 3 is 3.00 bits per heavy atom. The third-order valence-corrected chi connectivity index (χ3v) is 6.82. The Labute approximate surface area is 172 Å². The zero-order valence-electron chi connectivity index (χ0n) is 16.2. The van der Waals surface area contributed by atoms with Crippen molar-refractivity contribution < 1.29 is 9.90 Å². The number of nitrogens with one attached hydrogen (secondary N) is 2. The lowest BCUT2D eigenvalue weighted by atomic mass is 10.0. The van der Waals surface area contributed by atoms with Crippen molar-refractivity contribution in [2.24, 2.45) is 0 Å². The van der Waals surface area contributed by atoms with Crippen molar-refractivity contribution in [3.05, 3.63) is 52.3 Å². The van der Waals surface area contributed by atoms with Crippen molar-refractivity contribution in [3.8, 4) is 0 Å². The van der Waals surface area contributed by atoms with Gasteiger partial charge < -0.3 is 15.4 Å². The molecular formula is C22H22N4O2S. The van der Waals surface area contributed by atoms with E-state index in [0.717, 1.165) is 51.8 Å². The predicted molar refractivity (Wildman–Crippen MR) is 116 cm³/mol. The maximum absolute atomic E-state index is 12.1. The van der Waals surface area contributed by atoms with Gasteiger partial charge in [0.15, 0.2) is 0 Å². The summed E-state index contributed by atoms with van der Waals surface area (Å²) >= 11 is 1.73. The first-order chi connectivity index (χ1) is 14.1. The van der Waals surface area contributed by atoms with Crippen LogP contribution < -0.4 is 5.32 Å². The first-order valence-corrected chi connectivity index (χ1v) is 10.8. The summed E-state index contributed by atoms with van der Waals surface area (Å²) in [6.45, 7) is 2.02. The van der Waals surface area contributed by atoms with Crippen LogP contribution in [-0.4, -0.2) is 32.1 Å². The summed E-state index contributed by atoms with van der Waals surface area (Å²) in [4.78, 5) is 27.1. The number of para-hydroxylation sites is 1. The average molecular weight is 407 g/mol. The Kier molecular flexibility index (Phi) is 4.47. The summed E-state index contributed by atoms with van der Waals surface area (Å²) in [6, 6.07) is 7.19. The molecule has 0 bridgehead atoms. The molecule has 0 spiro atoms. The molecule has 4 aromatic rings. The Balaban J connectivity index is 1.54. The third-order valence-electron chi connectivity index (χ3n) is 5.64. The molecule has 29 heavy (non-hydrogen) atoms. The summed E-state index contributed by atoms with van der Waals surface area (Å²) in [7, 11) is 0. The first kappa shape index (κ1) is 18.1. The lowest BCUT2D eigenvalue weighted by Crippen LogP contribution is -2.32. The number of aromatic nitrogens is 3. The van der Waals surface area contributed by atoms with E-state index in [9.17, 15) is 9.90 Å². The molecule has 5 rings (SSSR count). The molecule has 3 heterocycles. The number of aromatic amines is 1. The molecule has 1 unspecified atom stereocenters. The summed E-state index contributed by atoms with van der Waals surface area (Å²) in [5.41, 5.74) is 3.29. The van der Waals surface area contributed by atoms with Gasteiger partial charge in [0, 0.05) is 34.8 Å². The maximum Gasteiger partial charge on any atom is 0.326 e. The number of fused-ring (bicyclic) bond motifs is 4. The zero-order valence-corrected chi connectivity index (χ0v) is 17.0. The van der Waals surface area contributed by atoms with Gasteiger partial charge in [-0.1, -0.05) is 25.1 Å². The molecule has 3 N–H and O–H groups in total. The molecule has 0 amide bonds. The molecule has 0 saturated carbocycles. The highest BCUT2D eigenvalue weighted by atomic mass is 32.1. The van der Waals surface area contributed by atoms with E-state index >= 15 is 0 Å². The molecule has 7 heteroatoms. The van der Waals surface area contributed by atoms with Gasteiger partial charge in [0.1, 0.15) is 22.5 Å². The molecule has 6 nitrogen and oxygen atoms in total. The quantitative estimate of drug-likeness (QED) is 0.443. The average Bonchev–Trinajstić information content (AvgIpc) is 3.41. The van der Waals surface area contributed by atoms with E-state index in [4.69, 9.17) is 9.97 Å². The molecule has 0 radical (unpaired) electrons. The smallest absolute Gasteiger partial charge is 0.326 e. The lowest BCUT2D eigenvalue weighted by molar-refractivity contribution is -0.137. The molecule has 1 atom stereocenters. The van der Waals surface area contributed by atoms with Crippen molar-refractivity contribution in [3.63, 3.8) is 0 Å². The summed E-state index contributed by atoms with van der Waals surface area (Å²) in [5, 5.41) is 15.3. The predicted octanol–water partition coefficient (Wildman–Crippen LogP) is 4.33. The van der Waals surface area contributed by atoms with Gasteiger partial charge in [-0.25, -0.2) is 14.8 Å². The number of anilines is 1. The molecule has 1 aliphatic carbocycles. The number of carboxylic acid groups (broad SMARTS) is 1. The van der Waals surface area contributed by atoms with Crippen LogP contribution in [0.25, 0.3) is 21.1 Å². The van der Waals surface area contributed by atoms with E-state index in [1.165, 1.54) is 10.4 Å². The second-order valence-electron chi connectivity index (χ2n) is 7.48. The van der Waals surface area contributed by atoms with Crippen LogP contribution in [0.3, 0.4) is 0 Å². The Morgan fingerprint density at radius 2 is 2.17 bits per heavy atom. The van der Waals surface area contributed by atoms with E-state index in [0.29, 0.717) is 18.7 Å². The van der Waals surface area contributed by atoms with Crippen LogP contribution in [0.2, 0.25) is 0 Å². The molecule has 0 fully saturated rings. The fourth-order valence-corrected chi connectivity index (χ4v) is 5.47. The molecule has 1 aliphatic rings. The number of carboxylic acids is 1. The summed E-state index contributed by atoms with van der Waals surface area (Å²) < 4.78 is 0. The minimum Gasteiger partial charge on any atom is -0.480 e. The SMILES string of the molecule is CCc1nc(NC(Cc2c[nH]c3ccccc23)C(=O)O)c2c3c(sc2n1)CCC3. The standard InChI is InChI=1S/C22H22N4O2S/c1-2-18-25-20(19-14-7-5-9-17(14)29-21(19)26-18)24-16(22(27)28)10-12-11-23-15-8-4-3-6-13(12)15/h3-4,6,8,11,16,23H,2,5,7,9-10H2,1H3,(H,27,28)(H,24,25,26). The number of hydrogen-bond acceptors (Lipinski definition) is 5. The summed E-state index contributed by atoms with van der Waals surface area (Å²) in [6.07, 6.45) is 6.22. The van der Waals surface area contributed by atoms with Gasteiger partial charge in [-0.3, -0.25) is 0 Å². The van der Waals surface area contributed by atoms with Gasteiger partial charge in [0.05, 0.1) is 5.39 Å².